The molecule has 20 heavy (non-hydrogen) atoms. The van der Waals surface area contributed by atoms with Crippen molar-refractivity contribution in [3.05, 3.63) is 68.8 Å². The summed E-state index contributed by atoms with van der Waals surface area (Å²) in [5.41, 5.74) is 6.87. The Kier molecular flexibility index (Phi) is 4.38. The molecule has 0 heterocycles. The van der Waals surface area contributed by atoms with E-state index >= 15 is 0 Å². The van der Waals surface area contributed by atoms with Gasteiger partial charge in [-0.1, -0.05) is 42.8 Å². The van der Waals surface area contributed by atoms with Crippen LogP contribution in [0.25, 0.3) is 0 Å². The van der Waals surface area contributed by atoms with Crippen molar-refractivity contribution in [2.45, 2.75) is 31.2 Å². The van der Waals surface area contributed by atoms with E-state index in [0.29, 0.717) is 0 Å². The molecule has 1 unspecified atom stereocenters. The SMILES string of the molecule is NNC(c1ccc(I)cc1)c1cccc(C2CCC2)c1. The molecule has 1 aliphatic rings. The Morgan fingerprint density at radius 1 is 1.05 bits per heavy atom. The van der Waals surface area contributed by atoms with Crippen molar-refractivity contribution in [1.29, 1.82) is 0 Å². The van der Waals surface area contributed by atoms with Gasteiger partial charge in [0.2, 0.25) is 0 Å². The van der Waals surface area contributed by atoms with E-state index in [1.165, 1.54) is 39.5 Å². The molecule has 0 aliphatic heterocycles. The Morgan fingerprint density at radius 2 is 1.80 bits per heavy atom. The molecule has 0 radical (unpaired) electrons. The molecule has 0 amide bonds. The molecule has 104 valence electrons. The monoisotopic (exact) mass is 378 g/mol. The van der Waals surface area contributed by atoms with E-state index < -0.39 is 0 Å². The molecule has 0 spiro atoms. The predicted octanol–water partition coefficient (Wildman–Crippen LogP) is 4.11. The lowest BCUT2D eigenvalue weighted by Crippen LogP contribution is -2.29. The minimum absolute atomic E-state index is 0.0621. The minimum atomic E-state index is 0.0621. The number of nitrogens with two attached hydrogens (primary N) is 1. The molecule has 0 aromatic heterocycles. The molecule has 2 nitrogen and oxygen atoms in total. The van der Waals surface area contributed by atoms with Crippen molar-refractivity contribution in [2.24, 2.45) is 5.84 Å². The van der Waals surface area contributed by atoms with Crippen molar-refractivity contribution in [2.75, 3.05) is 0 Å². The summed E-state index contributed by atoms with van der Waals surface area (Å²) in [6.07, 6.45) is 4.02. The quantitative estimate of drug-likeness (QED) is 0.477. The summed E-state index contributed by atoms with van der Waals surface area (Å²) < 4.78 is 1.24. The number of halogens is 1. The molecular weight excluding hydrogens is 359 g/mol. The van der Waals surface area contributed by atoms with Crippen molar-refractivity contribution in [3.63, 3.8) is 0 Å². The van der Waals surface area contributed by atoms with Crippen molar-refractivity contribution < 1.29 is 0 Å². The van der Waals surface area contributed by atoms with Gasteiger partial charge in [0, 0.05) is 3.57 Å². The third kappa shape index (κ3) is 2.90. The molecule has 1 atom stereocenters. The lowest BCUT2D eigenvalue weighted by molar-refractivity contribution is 0.419. The van der Waals surface area contributed by atoms with Crippen LogP contribution in [-0.4, -0.2) is 0 Å². The minimum Gasteiger partial charge on any atom is -0.271 e. The Balaban J connectivity index is 1.90. The average Bonchev–Trinajstić information content (AvgIpc) is 2.40. The fourth-order valence-corrected chi connectivity index (χ4v) is 3.13. The molecule has 2 aromatic rings. The average molecular weight is 378 g/mol. The van der Waals surface area contributed by atoms with Crippen molar-refractivity contribution in [1.82, 2.24) is 5.43 Å². The highest BCUT2D eigenvalue weighted by Crippen LogP contribution is 2.37. The van der Waals surface area contributed by atoms with Gasteiger partial charge in [0.25, 0.3) is 0 Å². The number of hydrogen-bond acceptors (Lipinski definition) is 2. The topological polar surface area (TPSA) is 38.0 Å². The second-order valence-electron chi connectivity index (χ2n) is 5.45. The fourth-order valence-electron chi connectivity index (χ4n) is 2.77. The lowest BCUT2D eigenvalue weighted by Gasteiger charge is -2.27. The van der Waals surface area contributed by atoms with E-state index in [1.807, 2.05) is 0 Å². The van der Waals surface area contributed by atoms with E-state index in [9.17, 15) is 0 Å². The molecule has 3 N–H and O–H groups in total. The maximum atomic E-state index is 5.80. The zero-order chi connectivity index (χ0) is 13.9. The van der Waals surface area contributed by atoms with Gasteiger partial charge in [-0.2, -0.15) is 0 Å². The maximum absolute atomic E-state index is 5.80. The number of benzene rings is 2. The summed E-state index contributed by atoms with van der Waals surface area (Å²) in [4.78, 5) is 0. The Bertz CT molecular complexity index is 576. The van der Waals surface area contributed by atoms with E-state index in [1.54, 1.807) is 0 Å². The van der Waals surface area contributed by atoms with Gasteiger partial charge in [0.1, 0.15) is 0 Å². The van der Waals surface area contributed by atoms with Crippen LogP contribution in [0.3, 0.4) is 0 Å². The van der Waals surface area contributed by atoms with Gasteiger partial charge in [0.15, 0.2) is 0 Å². The van der Waals surface area contributed by atoms with Crippen LogP contribution in [0.15, 0.2) is 48.5 Å². The van der Waals surface area contributed by atoms with Crippen LogP contribution < -0.4 is 11.3 Å². The zero-order valence-electron chi connectivity index (χ0n) is 11.4. The predicted molar refractivity (Wildman–Crippen MR) is 91.4 cm³/mol. The smallest absolute Gasteiger partial charge is 0.0710 e. The van der Waals surface area contributed by atoms with E-state index in [0.717, 1.165) is 5.92 Å². The summed E-state index contributed by atoms with van der Waals surface area (Å²) in [7, 11) is 0. The number of hydrogen-bond donors (Lipinski definition) is 2. The Morgan fingerprint density at radius 3 is 2.40 bits per heavy atom. The molecule has 0 saturated heterocycles. The summed E-state index contributed by atoms with van der Waals surface area (Å²) >= 11 is 2.32. The van der Waals surface area contributed by atoms with Crippen LogP contribution in [0.5, 0.6) is 0 Å². The maximum Gasteiger partial charge on any atom is 0.0710 e. The Hall–Kier alpha value is -0.910. The van der Waals surface area contributed by atoms with Crippen LogP contribution in [0.4, 0.5) is 0 Å². The Labute approximate surface area is 133 Å². The van der Waals surface area contributed by atoms with E-state index in [-0.39, 0.29) is 6.04 Å². The summed E-state index contributed by atoms with van der Waals surface area (Å²) in [6.45, 7) is 0. The molecule has 0 bridgehead atoms. The first-order valence-electron chi connectivity index (χ1n) is 7.09. The van der Waals surface area contributed by atoms with Gasteiger partial charge in [-0.3, -0.25) is 5.84 Å². The second-order valence-corrected chi connectivity index (χ2v) is 6.69. The second kappa shape index (κ2) is 6.24. The van der Waals surface area contributed by atoms with Gasteiger partial charge >= 0.3 is 0 Å². The normalized spacial score (nSPS) is 16.7. The van der Waals surface area contributed by atoms with Crippen LogP contribution in [0.1, 0.15) is 47.9 Å². The van der Waals surface area contributed by atoms with Gasteiger partial charge in [0.05, 0.1) is 6.04 Å². The fraction of sp³-hybridized carbons (Fsp3) is 0.294. The zero-order valence-corrected chi connectivity index (χ0v) is 13.5. The molecule has 1 fully saturated rings. The summed E-state index contributed by atoms with van der Waals surface area (Å²) in [5, 5.41) is 0. The molecule has 3 heteroatoms. The molecular formula is C17H19IN2. The first-order valence-corrected chi connectivity index (χ1v) is 8.17. The van der Waals surface area contributed by atoms with Gasteiger partial charge in [-0.15, -0.1) is 0 Å². The number of rotatable bonds is 4. The van der Waals surface area contributed by atoms with E-state index in [4.69, 9.17) is 5.84 Å². The molecule has 1 saturated carbocycles. The third-order valence-electron chi connectivity index (χ3n) is 4.19. The summed E-state index contributed by atoms with van der Waals surface area (Å²) in [6, 6.07) is 17.5. The number of hydrazine groups is 1. The standard InChI is InChI=1S/C17H19IN2/c18-16-9-7-13(8-10-16)17(20-19)15-6-2-5-14(11-15)12-3-1-4-12/h2,5-12,17,20H,1,3-4,19H2. The highest BCUT2D eigenvalue weighted by atomic mass is 127. The van der Waals surface area contributed by atoms with Gasteiger partial charge < -0.3 is 0 Å². The van der Waals surface area contributed by atoms with Crippen LogP contribution in [-0.2, 0) is 0 Å². The lowest BCUT2D eigenvalue weighted by atomic mass is 9.79. The molecule has 3 rings (SSSR count). The third-order valence-corrected chi connectivity index (χ3v) is 4.91. The van der Waals surface area contributed by atoms with Gasteiger partial charge in [-0.05, 0) is 70.2 Å². The highest BCUT2D eigenvalue weighted by Gasteiger charge is 2.21. The van der Waals surface area contributed by atoms with E-state index in [2.05, 4.69) is 76.5 Å². The van der Waals surface area contributed by atoms with Crippen molar-refractivity contribution in [3.8, 4) is 0 Å². The first kappa shape index (κ1) is 14.0. The van der Waals surface area contributed by atoms with Gasteiger partial charge in [-0.25, -0.2) is 5.43 Å². The largest absolute Gasteiger partial charge is 0.271 e. The highest BCUT2D eigenvalue weighted by molar-refractivity contribution is 14.1. The molecule has 2 aromatic carbocycles. The summed E-state index contributed by atoms with van der Waals surface area (Å²) in [5.74, 6) is 6.55. The first-order chi connectivity index (χ1) is 9.78. The molecule has 1 aliphatic carbocycles. The van der Waals surface area contributed by atoms with Crippen molar-refractivity contribution >= 4 is 22.6 Å². The van der Waals surface area contributed by atoms with Crippen LogP contribution >= 0.6 is 22.6 Å². The van der Waals surface area contributed by atoms with Crippen LogP contribution in [0, 0.1) is 3.57 Å². The van der Waals surface area contributed by atoms with Crippen LogP contribution in [0.2, 0.25) is 0 Å². The number of nitrogens with one attached hydrogen (secondary N) is 1.